The van der Waals surface area contributed by atoms with Crippen LogP contribution >= 0.6 is 0 Å². The van der Waals surface area contributed by atoms with Crippen LogP contribution in [0.2, 0.25) is 0 Å². The molecule has 2 aliphatic heterocycles. The molecule has 0 spiro atoms. The third kappa shape index (κ3) is 4.29. The second-order valence-electron chi connectivity index (χ2n) is 8.78. The largest absolute Gasteiger partial charge is 0.461 e. The molecule has 4 heterocycles. The van der Waals surface area contributed by atoms with E-state index >= 15 is 0 Å². The van der Waals surface area contributed by atoms with Gasteiger partial charge in [-0.25, -0.2) is 19.4 Å². The number of fused-ring (bicyclic) bond motifs is 1. The number of esters is 1. The van der Waals surface area contributed by atoms with Gasteiger partial charge in [0.25, 0.3) is 5.91 Å². The van der Waals surface area contributed by atoms with Crippen LogP contribution in [0.4, 0.5) is 5.82 Å². The van der Waals surface area contributed by atoms with Crippen molar-refractivity contribution in [2.24, 2.45) is 0 Å². The number of benzene rings is 1. The van der Waals surface area contributed by atoms with E-state index in [0.29, 0.717) is 31.6 Å². The van der Waals surface area contributed by atoms with Crippen LogP contribution in [0, 0.1) is 11.8 Å². The first-order valence-electron chi connectivity index (χ1n) is 11.8. The third-order valence-corrected chi connectivity index (χ3v) is 6.43. The molecule has 2 aromatic heterocycles. The van der Waals surface area contributed by atoms with Crippen LogP contribution < -0.4 is 4.90 Å². The summed E-state index contributed by atoms with van der Waals surface area (Å²) in [5, 5.41) is 15.3. The molecule has 1 aromatic carbocycles. The van der Waals surface area contributed by atoms with Crippen molar-refractivity contribution < 1.29 is 19.4 Å². The van der Waals surface area contributed by atoms with E-state index in [1.165, 1.54) is 11.2 Å². The summed E-state index contributed by atoms with van der Waals surface area (Å²) in [4.78, 5) is 36.9. The Bertz CT molecular complexity index is 1380. The summed E-state index contributed by atoms with van der Waals surface area (Å²) < 4.78 is 7.05. The first kappa shape index (κ1) is 23.5. The number of rotatable bonds is 4. The van der Waals surface area contributed by atoms with Crippen molar-refractivity contribution in [3.63, 3.8) is 0 Å². The zero-order valence-electron chi connectivity index (χ0n) is 20.1. The van der Waals surface area contributed by atoms with Gasteiger partial charge in [-0.3, -0.25) is 4.79 Å². The predicted octanol–water partition coefficient (Wildman–Crippen LogP) is 1.35. The minimum atomic E-state index is -1.67. The summed E-state index contributed by atoms with van der Waals surface area (Å²) in [5.41, 5.74) is 1.67. The topological polar surface area (TPSA) is 114 Å². The molecule has 1 atom stereocenters. The van der Waals surface area contributed by atoms with Gasteiger partial charge in [-0.15, -0.1) is 0 Å². The number of nitrogens with zero attached hydrogens (tertiary/aromatic N) is 6. The number of amides is 1. The summed E-state index contributed by atoms with van der Waals surface area (Å²) in [6.45, 7) is 3.63. The number of hydrogen-bond donors (Lipinski definition) is 1. The lowest BCUT2D eigenvalue weighted by Gasteiger charge is -2.28. The molecule has 36 heavy (non-hydrogen) atoms. The normalized spacial score (nSPS) is 19.0. The van der Waals surface area contributed by atoms with Gasteiger partial charge in [-0.2, -0.15) is 5.10 Å². The Balaban J connectivity index is 1.50. The van der Waals surface area contributed by atoms with Gasteiger partial charge < -0.3 is 19.6 Å². The highest BCUT2D eigenvalue weighted by molar-refractivity contribution is 5.91. The van der Waals surface area contributed by atoms with Crippen molar-refractivity contribution in [1.29, 1.82) is 0 Å². The number of anilines is 1. The van der Waals surface area contributed by atoms with E-state index in [2.05, 4.69) is 31.8 Å². The highest BCUT2D eigenvalue weighted by Gasteiger charge is 2.42. The molecule has 1 fully saturated rings. The van der Waals surface area contributed by atoms with Gasteiger partial charge in [0.2, 0.25) is 5.60 Å². The lowest BCUT2D eigenvalue weighted by atomic mass is 10.0. The highest BCUT2D eigenvalue weighted by atomic mass is 16.5. The van der Waals surface area contributed by atoms with E-state index in [9.17, 15) is 14.7 Å². The van der Waals surface area contributed by atoms with Crippen LogP contribution in [0.25, 0.3) is 5.69 Å². The van der Waals surface area contributed by atoms with E-state index in [4.69, 9.17) is 4.74 Å². The molecule has 1 amide bonds. The van der Waals surface area contributed by atoms with E-state index in [1.807, 2.05) is 30.3 Å². The van der Waals surface area contributed by atoms with Gasteiger partial charge in [-0.05, 0) is 31.2 Å². The molecule has 5 rings (SSSR count). The molecule has 0 saturated carbocycles. The molecular formula is C26H26N6O4. The lowest BCUT2D eigenvalue weighted by Crippen LogP contribution is -2.37. The fourth-order valence-electron chi connectivity index (χ4n) is 4.52. The molecular weight excluding hydrogens is 460 g/mol. The maximum absolute atomic E-state index is 12.8. The summed E-state index contributed by atoms with van der Waals surface area (Å²) in [6, 6.07) is 9.19. The number of aliphatic hydroxyl groups is 1. The minimum absolute atomic E-state index is 0.248. The molecule has 3 aromatic rings. The van der Waals surface area contributed by atoms with E-state index in [-0.39, 0.29) is 24.6 Å². The second kappa shape index (κ2) is 9.43. The second-order valence-corrected chi connectivity index (χ2v) is 8.78. The van der Waals surface area contributed by atoms with E-state index in [1.54, 1.807) is 24.9 Å². The Morgan fingerprint density at radius 3 is 2.86 bits per heavy atom. The van der Waals surface area contributed by atoms with Crippen LogP contribution in [0.3, 0.4) is 0 Å². The van der Waals surface area contributed by atoms with Crippen LogP contribution in [0.5, 0.6) is 0 Å². The fourth-order valence-corrected chi connectivity index (χ4v) is 4.52. The quantitative estimate of drug-likeness (QED) is 0.434. The molecule has 1 saturated heterocycles. The van der Waals surface area contributed by atoms with E-state index < -0.39 is 11.6 Å². The summed E-state index contributed by atoms with van der Waals surface area (Å²) in [6.07, 6.45) is 4.10. The smallest absolute Gasteiger partial charge is 0.359 e. The first-order chi connectivity index (χ1) is 17.4. The number of aromatic nitrogens is 4. The number of hydrogen-bond acceptors (Lipinski definition) is 8. The zero-order valence-corrected chi connectivity index (χ0v) is 20.1. The molecule has 1 N–H and O–H groups in total. The SMILES string of the molecule is CCOC(=O)c1nn(-c2cccc(C#CC3(O)CCN(C)C3=O)c2)c2c1CN(c1ccncn1)CC2. The number of likely N-dealkylation sites (tertiary alicyclic amines) is 1. The van der Waals surface area contributed by atoms with Crippen LogP contribution in [-0.2, 0) is 22.5 Å². The first-order valence-corrected chi connectivity index (χ1v) is 11.8. The molecule has 10 heteroatoms. The Labute approximate surface area is 208 Å². The number of carbonyl (C=O) groups is 2. The summed E-state index contributed by atoms with van der Waals surface area (Å²) in [5.74, 6) is 5.61. The van der Waals surface area contributed by atoms with Gasteiger partial charge in [0, 0.05) is 56.8 Å². The maximum Gasteiger partial charge on any atom is 0.359 e. The fraction of sp³-hybridized carbons (Fsp3) is 0.346. The monoisotopic (exact) mass is 486 g/mol. The standard InChI is InChI=1S/C26H26N6O4/c1-3-36-24(33)23-20-16-31(22-8-12-27-17-28-22)13-9-21(20)32(29-23)19-6-4-5-18(15-19)7-10-26(35)11-14-30(2)25(26)34/h4-6,8,12,15,17,35H,3,9,11,13-14,16H2,1-2H3. The molecule has 10 nitrogen and oxygen atoms in total. The molecule has 0 aliphatic carbocycles. The Hall–Kier alpha value is -4.23. The Morgan fingerprint density at radius 2 is 2.14 bits per heavy atom. The maximum atomic E-state index is 12.8. The summed E-state index contributed by atoms with van der Waals surface area (Å²) >= 11 is 0. The van der Waals surface area contributed by atoms with Crippen LogP contribution in [-0.4, -0.2) is 74.0 Å². The van der Waals surface area contributed by atoms with Gasteiger partial charge in [0.1, 0.15) is 12.1 Å². The Kier molecular flexibility index (Phi) is 6.16. The van der Waals surface area contributed by atoms with E-state index in [0.717, 1.165) is 22.8 Å². The average Bonchev–Trinajstić information content (AvgIpc) is 3.41. The van der Waals surface area contributed by atoms with Crippen molar-refractivity contribution in [1.82, 2.24) is 24.6 Å². The number of likely N-dealkylation sites (N-methyl/N-ethyl adjacent to an activating group) is 1. The van der Waals surface area contributed by atoms with Crippen LogP contribution in [0.15, 0.2) is 42.9 Å². The van der Waals surface area contributed by atoms with Crippen molar-refractivity contribution in [2.75, 3.05) is 31.6 Å². The van der Waals surface area contributed by atoms with Gasteiger partial charge in [0.15, 0.2) is 5.69 Å². The van der Waals surface area contributed by atoms with Crippen molar-refractivity contribution in [3.05, 3.63) is 65.4 Å². The number of carbonyl (C=O) groups excluding carboxylic acids is 2. The van der Waals surface area contributed by atoms with Crippen molar-refractivity contribution in [3.8, 4) is 17.5 Å². The zero-order chi connectivity index (χ0) is 25.3. The van der Waals surface area contributed by atoms with Crippen LogP contribution in [0.1, 0.15) is 40.7 Å². The predicted molar refractivity (Wildman–Crippen MR) is 130 cm³/mol. The third-order valence-electron chi connectivity index (χ3n) is 6.43. The molecule has 0 bridgehead atoms. The van der Waals surface area contributed by atoms with Crippen molar-refractivity contribution in [2.45, 2.75) is 31.9 Å². The number of ether oxygens (including phenoxy) is 1. The van der Waals surface area contributed by atoms with Gasteiger partial charge in [0.05, 0.1) is 18.0 Å². The highest BCUT2D eigenvalue weighted by Crippen LogP contribution is 2.28. The summed E-state index contributed by atoms with van der Waals surface area (Å²) in [7, 11) is 1.65. The molecule has 184 valence electrons. The Morgan fingerprint density at radius 1 is 1.28 bits per heavy atom. The van der Waals surface area contributed by atoms with Gasteiger partial charge >= 0.3 is 5.97 Å². The lowest BCUT2D eigenvalue weighted by molar-refractivity contribution is -0.137. The molecule has 0 radical (unpaired) electrons. The molecule has 1 unspecified atom stereocenters. The average molecular weight is 487 g/mol. The van der Waals surface area contributed by atoms with Crippen molar-refractivity contribution >= 4 is 17.7 Å². The molecule has 2 aliphatic rings. The van der Waals surface area contributed by atoms with Gasteiger partial charge in [-0.1, -0.05) is 17.9 Å². The minimum Gasteiger partial charge on any atom is -0.461 e.